The van der Waals surface area contributed by atoms with Gasteiger partial charge in [-0.15, -0.1) is 0 Å². The molecule has 0 radical (unpaired) electrons. The number of aromatic hydroxyl groups is 1. The summed E-state index contributed by atoms with van der Waals surface area (Å²) in [5, 5.41) is 26.0. The van der Waals surface area contributed by atoms with Crippen molar-refractivity contribution in [2.75, 3.05) is 0 Å². The van der Waals surface area contributed by atoms with Crippen molar-refractivity contribution < 1.29 is 24.9 Å². The second-order valence-electron chi connectivity index (χ2n) is 2.34. The first-order valence-corrected chi connectivity index (χ1v) is 3.32. The zero-order valence-corrected chi connectivity index (χ0v) is 6.39. The van der Waals surface area contributed by atoms with Gasteiger partial charge in [-0.2, -0.15) is 0 Å². The molecular formula is C8H7KO5. The van der Waals surface area contributed by atoms with E-state index in [9.17, 15) is 9.59 Å². The van der Waals surface area contributed by atoms with E-state index in [1.165, 1.54) is 0 Å². The van der Waals surface area contributed by atoms with Gasteiger partial charge in [0.25, 0.3) is 0 Å². The zero-order valence-electron chi connectivity index (χ0n) is 6.39. The second-order valence-corrected chi connectivity index (χ2v) is 2.34. The molecule has 0 aliphatic heterocycles. The normalized spacial score (nSPS) is 8.86. The molecule has 1 aromatic rings. The molecule has 14 heavy (non-hydrogen) atoms. The van der Waals surface area contributed by atoms with Crippen LogP contribution in [0, 0.1) is 0 Å². The summed E-state index contributed by atoms with van der Waals surface area (Å²) in [6, 6.07) is 3.07. The number of hydrogen-bond acceptors (Lipinski definition) is 3. The first-order chi connectivity index (χ1) is 6.02. The Morgan fingerprint density at radius 1 is 1.07 bits per heavy atom. The van der Waals surface area contributed by atoms with Crippen LogP contribution in [-0.4, -0.2) is 78.6 Å². The molecule has 0 unspecified atom stereocenters. The van der Waals surface area contributed by atoms with Crippen molar-refractivity contribution in [3.05, 3.63) is 29.3 Å². The average molecular weight is 222 g/mol. The van der Waals surface area contributed by atoms with Crippen LogP contribution < -0.4 is 0 Å². The summed E-state index contributed by atoms with van der Waals surface area (Å²) >= 11 is 0. The zero-order chi connectivity index (χ0) is 10.0. The second kappa shape index (κ2) is 5.47. The van der Waals surface area contributed by atoms with Gasteiger partial charge in [0.1, 0.15) is 11.3 Å². The van der Waals surface area contributed by atoms with Crippen LogP contribution in [0.5, 0.6) is 5.75 Å². The Morgan fingerprint density at radius 2 is 1.64 bits per heavy atom. The van der Waals surface area contributed by atoms with E-state index in [4.69, 9.17) is 15.3 Å². The number of carbonyl (C=O) groups is 2. The fourth-order valence-electron chi connectivity index (χ4n) is 0.840. The van der Waals surface area contributed by atoms with Crippen LogP contribution in [0.25, 0.3) is 0 Å². The molecule has 0 bridgehead atoms. The maximum atomic E-state index is 10.4. The molecule has 6 heteroatoms. The molecule has 0 atom stereocenters. The van der Waals surface area contributed by atoms with E-state index < -0.39 is 23.3 Å². The van der Waals surface area contributed by atoms with E-state index in [-0.39, 0.29) is 56.9 Å². The molecule has 0 spiro atoms. The molecule has 0 heterocycles. The van der Waals surface area contributed by atoms with Crippen LogP contribution in [-0.2, 0) is 0 Å². The molecule has 0 saturated heterocycles. The third kappa shape index (κ3) is 3.07. The molecule has 0 fully saturated rings. The quantitative estimate of drug-likeness (QED) is 0.619. The van der Waals surface area contributed by atoms with E-state index in [0.29, 0.717) is 0 Å². The minimum atomic E-state index is -1.36. The van der Waals surface area contributed by atoms with E-state index in [2.05, 4.69) is 0 Å². The van der Waals surface area contributed by atoms with Crippen LogP contribution in [0.15, 0.2) is 18.2 Å². The van der Waals surface area contributed by atoms with Crippen molar-refractivity contribution in [3.63, 3.8) is 0 Å². The molecular weight excluding hydrogens is 215 g/mol. The number of rotatable bonds is 2. The number of carboxylic acids is 2. The van der Waals surface area contributed by atoms with Gasteiger partial charge in [0.05, 0.1) is 5.56 Å². The standard InChI is InChI=1S/C8H6O5.K.H/c9-6-2-1-4(7(10)11)3-5(6)8(12)13;;/h1-3,9H,(H,10,11)(H,12,13);;. The summed E-state index contributed by atoms with van der Waals surface area (Å²) < 4.78 is 0. The van der Waals surface area contributed by atoms with Crippen molar-refractivity contribution in [2.24, 2.45) is 0 Å². The van der Waals surface area contributed by atoms with Crippen LogP contribution in [0.3, 0.4) is 0 Å². The summed E-state index contributed by atoms with van der Waals surface area (Å²) in [5.41, 5.74) is -0.588. The third-order valence-corrected chi connectivity index (χ3v) is 1.47. The van der Waals surface area contributed by atoms with Gasteiger partial charge in [-0.05, 0) is 18.2 Å². The van der Waals surface area contributed by atoms with Gasteiger partial charge in [-0.25, -0.2) is 9.59 Å². The molecule has 1 rings (SSSR count). The van der Waals surface area contributed by atoms with E-state index in [1.54, 1.807) is 0 Å². The van der Waals surface area contributed by atoms with Crippen LogP contribution in [0.2, 0.25) is 0 Å². The SMILES string of the molecule is O=C(O)c1ccc(O)c(C(=O)O)c1.[KH]. The molecule has 5 nitrogen and oxygen atoms in total. The molecule has 0 aliphatic rings. The van der Waals surface area contributed by atoms with Crippen LogP contribution in [0.1, 0.15) is 20.7 Å². The van der Waals surface area contributed by atoms with Gasteiger partial charge in [-0.3, -0.25) is 0 Å². The fourth-order valence-corrected chi connectivity index (χ4v) is 0.840. The van der Waals surface area contributed by atoms with Gasteiger partial charge in [-0.1, -0.05) is 0 Å². The van der Waals surface area contributed by atoms with Crippen molar-refractivity contribution in [1.82, 2.24) is 0 Å². The van der Waals surface area contributed by atoms with Gasteiger partial charge < -0.3 is 15.3 Å². The summed E-state index contributed by atoms with van der Waals surface area (Å²) in [4.78, 5) is 20.9. The molecule has 70 valence electrons. The first kappa shape index (κ1) is 13.6. The Morgan fingerprint density at radius 3 is 2.07 bits per heavy atom. The molecule has 1 aromatic carbocycles. The summed E-state index contributed by atoms with van der Waals surface area (Å²) in [5.74, 6) is -3.04. The Labute approximate surface area is 122 Å². The summed E-state index contributed by atoms with van der Waals surface area (Å²) in [6.07, 6.45) is 0. The molecule has 0 saturated carbocycles. The number of aromatic carboxylic acids is 2. The Bertz CT molecular complexity index is 374. The predicted molar refractivity (Wildman–Crippen MR) is 49.2 cm³/mol. The number of hydrogen-bond donors (Lipinski definition) is 3. The van der Waals surface area contributed by atoms with Crippen molar-refractivity contribution in [2.45, 2.75) is 0 Å². The number of carboxylic acid groups (broad SMARTS) is 2. The number of phenols is 1. The first-order valence-electron chi connectivity index (χ1n) is 3.32. The van der Waals surface area contributed by atoms with Crippen molar-refractivity contribution in [1.29, 1.82) is 0 Å². The van der Waals surface area contributed by atoms with Crippen LogP contribution in [0.4, 0.5) is 0 Å². The summed E-state index contributed by atoms with van der Waals surface area (Å²) in [6.45, 7) is 0. The number of benzene rings is 1. The van der Waals surface area contributed by atoms with Crippen molar-refractivity contribution in [3.8, 4) is 5.75 Å². The monoisotopic (exact) mass is 222 g/mol. The summed E-state index contributed by atoms with van der Waals surface area (Å²) in [7, 11) is 0. The average Bonchev–Trinajstić information content (AvgIpc) is 2.04. The van der Waals surface area contributed by atoms with Crippen molar-refractivity contribution >= 4 is 63.3 Å². The van der Waals surface area contributed by atoms with E-state index in [0.717, 1.165) is 18.2 Å². The minimum absolute atomic E-state index is 0. The van der Waals surface area contributed by atoms with Crippen LogP contribution >= 0.6 is 0 Å². The van der Waals surface area contributed by atoms with E-state index in [1.807, 2.05) is 0 Å². The van der Waals surface area contributed by atoms with Gasteiger partial charge >= 0.3 is 63.3 Å². The molecule has 0 aliphatic carbocycles. The topological polar surface area (TPSA) is 94.8 Å². The molecule has 0 aromatic heterocycles. The maximum absolute atomic E-state index is 10.4. The Hall–Kier alpha value is -0.404. The van der Waals surface area contributed by atoms with Gasteiger partial charge in [0.15, 0.2) is 0 Å². The molecule has 0 amide bonds. The third-order valence-electron chi connectivity index (χ3n) is 1.47. The van der Waals surface area contributed by atoms with E-state index >= 15 is 0 Å². The fraction of sp³-hybridized carbons (Fsp3) is 0. The Balaban J connectivity index is 0.00000169. The van der Waals surface area contributed by atoms with Gasteiger partial charge in [0.2, 0.25) is 0 Å². The Kier molecular flexibility index (Phi) is 5.31. The molecule has 3 N–H and O–H groups in total. The van der Waals surface area contributed by atoms with Gasteiger partial charge in [0, 0.05) is 0 Å². The predicted octanol–water partition coefficient (Wildman–Crippen LogP) is 0.140.